The van der Waals surface area contributed by atoms with Crippen molar-refractivity contribution in [1.82, 2.24) is 0 Å². The van der Waals surface area contributed by atoms with Crippen molar-refractivity contribution in [3.05, 3.63) is 28.5 Å². The number of methoxy groups -OCH3 is 1. The van der Waals surface area contributed by atoms with Gasteiger partial charge in [-0.1, -0.05) is 0 Å². The molecule has 92 valence electrons. The van der Waals surface area contributed by atoms with Crippen molar-refractivity contribution in [1.29, 1.82) is 0 Å². The van der Waals surface area contributed by atoms with Gasteiger partial charge in [0.15, 0.2) is 0 Å². The summed E-state index contributed by atoms with van der Waals surface area (Å²) in [6.07, 6.45) is 2.62. The maximum absolute atomic E-state index is 13.0. The van der Waals surface area contributed by atoms with Gasteiger partial charge >= 0.3 is 6.09 Å². The smallest absolute Gasteiger partial charge is 0.414 e. The summed E-state index contributed by atoms with van der Waals surface area (Å²) in [5.74, 6) is -0.334. The molecule has 17 heavy (non-hydrogen) atoms. The van der Waals surface area contributed by atoms with Crippen molar-refractivity contribution in [2.75, 3.05) is 12.0 Å². The number of rotatable bonds is 2. The predicted octanol–water partition coefficient (Wildman–Crippen LogP) is 3.71. The SMILES string of the molecule is COC(=O)N(c1ccc(F)cc1Br)C1CCC1. The molecule has 0 bridgehead atoms. The molecule has 0 N–H and O–H groups in total. The zero-order valence-electron chi connectivity index (χ0n) is 9.45. The zero-order chi connectivity index (χ0) is 12.4. The van der Waals surface area contributed by atoms with Crippen molar-refractivity contribution in [3.8, 4) is 0 Å². The highest BCUT2D eigenvalue weighted by molar-refractivity contribution is 9.10. The number of carbonyl (C=O) groups is 1. The minimum absolute atomic E-state index is 0.157. The van der Waals surface area contributed by atoms with E-state index in [4.69, 9.17) is 4.74 Å². The van der Waals surface area contributed by atoms with Crippen LogP contribution in [0.25, 0.3) is 0 Å². The molecule has 0 atom stereocenters. The molecular formula is C12H13BrFNO2. The van der Waals surface area contributed by atoms with E-state index in [1.807, 2.05) is 0 Å². The maximum atomic E-state index is 13.0. The van der Waals surface area contributed by atoms with Gasteiger partial charge in [-0.3, -0.25) is 4.90 Å². The average molecular weight is 302 g/mol. The molecular weight excluding hydrogens is 289 g/mol. The first kappa shape index (κ1) is 12.4. The van der Waals surface area contributed by atoms with E-state index in [0.29, 0.717) is 10.2 Å². The third kappa shape index (κ3) is 2.44. The summed E-state index contributed by atoms with van der Waals surface area (Å²) in [6.45, 7) is 0. The van der Waals surface area contributed by atoms with Crippen LogP contribution in [0.2, 0.25) is 0 Å². The third-order valence-electron chi connectivity index (χ3n) is 2.98. The fourth-order valence-electron chi connectivity index (χ4n) is 1.86. The highest BCUT2D eigenvalue weighted by Crippen LogP contribution is 2.34. The first-order valence-corrected chi connectivity index (χ1v) is 6.25. The molecule has 0 saturated heterocycles. The Morgan fingerprint density at radius 2 is 2.24 bits per heavy atom. The van der Waals surface area contributed by atoms with E-state index < -0.39 is 6.09 Å². The minimum Gasteiger partial charge on any atom is -0.452 e. The van der Waals surface area contributed by atoms with Gasteiger partial charge < -0.3 is 4.74 Å². The molecule has 0 aromatic heterocycles. The molecule has 2 rings (SSSR count). The van der Waals surface area contributed by atoms with E-state index in [0.717, 1.165) is 19.3 Å². The number of halogens is 2. The van der Waals surface area contributed by atoms with Crippen molar-refractivity contribution < 1.29 is 13.9 Å². The summed E-state index contributed by atoms with van der Waals surface area (Å²) >= 11 is 3.28. The lowest BCUT2D eigenvalue weighted by molar-refractivity contribution is 0.171. The number of amides is 1. The lowest BCUT2D eigenvalue weighted by atomic mass is 9.91. The molecule has 0 unspecified atom stereocenters. The molecule has 1 saturated carbocycles. The van der Waals surface area contributed by atoms with Crippen molar-refractivity contribution in [3.63, 3.8) is 0 Å². The van der Waals surface area contributed by atoms with Crippen LogP contribution in [0.3, 0.4) is 0 Å². The van der Waals surface area contributed by atoms with Crippen LogP contribution >= 0.6 is 15.9 Å². The van der Waals surface area contributed by atoms with E-state index in [9.17, 15) is 9.18 Å². The predicted molar refractivity (Wildman–Crippen MR) is 66.6 cm³/mol. The number of benzene rings is 1. The molecule has 1 aromatic rings. The second-order valence-electron chi connectivity index (χ2n) is 4.02. The van der Waals surface area contributed by atoms with Gasteiger partial charge in [-0.05, 0) is 53.4 Å². The molecule has 1 amide bonds. The number of ether oxygens (including phenoxy) is 1. The van der Waals surface area contributed by atoms with Gasteiger partial charge in [0.1, 0.15) is 5.82 Å². The molecule has 0 radical (unpaired) electrons. The van der Waals surface area contributed by atoms with Gasteiger partial charge in [-0.15, -0.1) is 0 Å². The van der Waals surface area contributed by atoms with Gasteiger partial charge in [0.05, 0.1) is 12.8 Å². The van der Waals surface area contributed by atoms with Gasteiger partial charge in [0, 0.05) is 10.5 Å². The summed E-state index contributed by atoms with van der Waals surface area (Å²) < 4.78 is 18.4. The van der Waals surface area contributed by atoms with Crippen LogP contribution in [0, 0.1) is 5.82 Å². The molecule has 1 fully saturated rings. The quantitative estimate of drug-likeness (QED) is 0.833. The Morgan fingerprint density at radius 3 is 2.71 bits per heavy atom. The van der Waals surface area contributed by atoms with E-state index in [1.165, 1.54) is 19.2 Å². The monoisotopic (exact) mass is 301 g/mol. The molecule has 1 aromatic carbocycles. The van der Waals surface area contributed by atoms with Crippen LogP contribution in [-0.4, -0.2) is 19.2 Å². The topological polar surface area (TPSA) is 29.5 Å². The molecule has 0 heterocycles. The lowest BCUT2D eigenvalue weighted by Crippen LogP contribution is -2.44. The van der Waals surface area contributed by atoms with Crippen molar-refractivity contribution in [2.45, 2.75) is 25.3 Å². The van der Waals surface area contributed by atoms with Gasteiger partial charge in [0.25, 0.3) is 0 Å². The zero-order valence-corrected chi connectivity index (χ0v) is 11.0. The molecule has 1 aliphatic rings. The lowest BCUT2D eigenvalue weighted by Gasteiger charge is -2.36. The molecule has 5 heteroatoms. The van der Waals surface area contributed by atoms with Crippen molar-refractivity contribution in [2.24, 2.45) is 0 Å². The summed E-state index contributed by atoms with van der Waals surface area (Å²) in [5, 5.41) is 0. The number of nitrogens with zero attached hydrogens (tertiary/aromatic N) is 1. The Balaban J connectivity index is 2.34. The maximum Gasteiger partial charge on any atom is 0.414 e. The molecule has 1 aliphatic carbocycles. The molecule has 0 spiro atoms. The first-order chi connectivity index (χ1) is 8.13. The largest absolute Gasteiger partial charge is 0.452 e. The minimum atomic E-state index is -0.401. The fraction of sp³-hybridized carbons (Fsp3) is 0.417. The Kier molecular flexibility index (Phi) is 3.66. The Labute approximate surface area is 108 Å². The number of hydrogen-bond acceptors (Lipinski definition) is 2. The summed E-state index contributed by atoms with van der Waals surface area (Å²) in [5.41, 5.74) is 0.656. The number of carbonyl (C=O) groups excluding carboxylic acids is 1. The van der Waals surface area contributed by atoms with Crippen LogP contribution < -0.4 is 4.90 Å². The molecule has 3 nitrogen and oxygen atoms in total. The Hall–Kier alpha value is -1.10. The molecule has 0 aliphatic heterocycles. The summed E-state index contributed by atoms with van der Waals surface area (Å²) in [6, 6.07) is 4.44. The standard InChI is InChI=1S/C12H13BrFNO2/c1-17-12(16)15(9-3-2-4-9)11-6-5-8(14)7-10(11)13/h5-7,9H,2-4H2,1H3. The average Bonchev–Trinajstić information content (AvgIpc) is 2.23. The first-order valence-electron chi connectivity index (χ1n) is 5.45. The normalized spacial score (nSPS) is 15.2. The third-order valence-corrected chi connectivity index (χ3v) is 3.62. The summed E-state index contributed by atoms with van der Waals surface area (Å²) in [4.78, 5) is 13.4. The van der Waals surface area contributed by atoms with E-state index in [2.05, 4.69) is 15.9 Å². The summed E-state index contributed by atoms with van der Waals surface area (Å²) in [7, 11) is 1.35. The van der Waals surface area contributed by atoms with Crippen LogP contribution in [0.15, 0.2) is 22.7 Å². The van der Waals surface area contributed by atoms with Gasteiger partial charge in [0.2, 0.25) is 0 Å². The second-order valence-corrected chi connectivity index (χ2v) is 4.87. The highest BCUT2D eigenvalue weighted by atomic mass is 79.9. The van der Waals surface area contributed by atoms with Crippen molar-refractivity contribution >= 4 is 27.7 Å². The highest BCUT2D eigenvalue weighted by Gasteiger charge is 2.31. The Bertz CT molecular complexity index is 435. The van der Waals surface area contributed by atoms with Crippen LogP contribution in [0.5, 0.6) is 0 Å². The fourth-order valence-corrected chi connectivity index (χ4v) is 2.41. The van der Waals surface area contributed by atoms with Crippen LogP contribution in [-0.2, 0) is 4.74 Å². The van der Waals surface area contributed by atoms with E-state index >= 15 is 0 Å². The second kappa shape index (κ2) is 5.04. The number of hydrogen-bond donors (Lipinski definition) is 0. The van der Waals surface area contributed by atoms with E-state index in [-0.39, 0.29) is 11.9 Å². The Morgan fingerprint density at radius 1 is 1.53 bits per heavy atom. The van der Waals surface area contributed by atoms with Gasteiger partial charge in [-0.25, -0.2) is 9.18 Å². The van der Waals surface area contributed by atoms with E-state index in [1.54, 1.807) is 11.0 Å². The van der Waals surface area contributed by atoms with Crippen LogP contribution in [0.1, 0.15) is 19.3 Å². The number of anilines is 1. The van der Waals surface area contributed by atoms with Gasteiger partial charge in [-0.2, -0.15) is 0 Å². The van der Waals surface area contributed by atoms with Crippen LogP contribution in [0.4, 0.5) is 14.9 Å².